The summed E-state index contributed by atoms with van der Waals surface area (Å²) in [6.45, 7) is 15.4. The molecule has 2 heteroatoms. The molecule has 0 unspecified atom stereocenters. The van der Waals surface area contributed by atoms with Crippen LogP contribution in [-0.4, -0.2) is 32.6 Å². The second-order valence-corrected chi connectivity index (χ2v) is 9.84. The first-order valence-electron chi connectivity index (χ1n) is 6.42. The van der Waals surface area contributed by atoms with Crippen LogP contribution in [0.25, 0.3) is 0 Å². The van der Waals surface area contributed by atoms with Gasteiger partial charge < -0.3 is 4.90 Å². The Labute approximate surface area is 97.6 Å². The summed E-state index contributed by atoms with van der Waals surface area (Å²) in [6, 6.07) is 1.43. The Morgan fingerprint density at radius 2 is 1.80 bits per heavy atom. The maximum Gasteiger partial charge on any atom is 0.0713 e. The third-order valence-electron chi connectivity index (χ3n) is 2.90. The molecule has 0 aliphatic rings. The maximum absolute atomic E-state index is 2.57. The SMILES string of the molecule is C/C=C\[Si](C)(C)CCCN(CC)CCC. The van der Waals surface area contributed by atoms with Crippen molar-refractivity contribution in [1.29, 1.82) is 0 Å². The van der Waals surface area contributed by atoms with Crippen LogP contribution in [0, 0.1) is 0 Å². The van der Waals surface area contributed by atoms with Crippen molar-refractivity contribution in [2.45, 2.75) is 52.8 Å². The minimum Gasteiger partial charge on any atom is -0.304 e. The minimum atomic E-state index is -1.01. The van der Waals surface area contributed by atoms with Crippen LogP contribution in [0.5, 0.6) is 0 Å². The first-order chi connectivity index (χ1) is 7.05. The molecule has 0 rings (SSSR count). The van der Waals surface area contributed by atoms with Crippen LogP contribution in [0.2, 0.25) is 19.1 Å². The molecule has 0 N–H and O–H groups in total. The van der Waals surface area contributed by atoms with Crippen molar-refractivity contribution in [3.63, 3.8) is 0 Å². The monoisotopic (exact) mass is 227 g/mol. The Bertz CT molecular complexity index is 175. The molecule has 0 aliphatic carbocycles. The Morgan fingerprint density at radius 3 is 2.27 bits per heavy atom. The normalized spacial score (nSPS) is 12.9. The summed E-state index contributed by atoms with van der Waals surface area (Å²) < 4.78 is 0. The van der Waals surface area contributed by atoms with Crippen LogP contribution in [0.1, 0.15) is 33.6 Å². The van der Waals surface area contributed by atoms with Gasteiger partial charge >= 0.3 is 0 Å². The molecule has 0 spiro atoms. The molecule has 0 bridgehead atoms. The van der Waals surface area contributed by atoms with Gasteiger partial charge in [0.1, 0.15) is 0 Å². The van der Waals surface area contributed by atoms with Crippen molar-refractivity contribution in [2.75, 3.05) is 19.6 Å². The third kappa shape index (κ3) is 7.80. The standard InChI is InChI=1S/C13H29NSi/c1-6-10-14(8-3)11-9-13-15(4,5)12-7-2/h7,12H,6,8-11,13H2,1-5H3/b12-7-. The maximum atomic E-state index is 2.57. The molecule has 0 aliphatic heterocycles. The highest BCUT2D eigenvalue weighted by atomic mass is 28.3. The van der Waals surface area contributed by atoms with Crippen molar-refractivity contribution < 1.29 is 0 Å². The van der Waals surface area contributed by atoms with Gasteiger partial charge in [0.15, 0.2) is 0 Å². The van der Waals surface area contributed by atoms with E-state index in [9.17, 15) is 0 Å². The number of nitrogens with zero attached hydrogens (tertiary/aromatic N) is 1. The molecule has 0 fully saturated rings. The molecule has 90 valence electrons. The Balaban J connectivity index is 3.76. The zero-order chi connectivity index (χ0) is 11.7. The largest absolute Gasteiger partial charge is 0.304 e. The Hall–Kier alpha value is -0.0831. The van der Waals surface area contributed by atoms with E-state index in [1.54, 1.807) is 0 Å². The van der Waals surface area contributed by atoms with Crippen LogP contribution >= 0.6 is 0 Å². The second-order valence-electron chi connectivity index (χ2n) is 5.03. The van der Waals surface area contributed by atoms with Gasteiger partial charge in [0.25, 0.3) is 0 Å². The molecule has 0 atom stereocenters. The summed E-state index contributed by atoms with van der Waals surface area (Å²) in [5, 5.41) is 0. The molecule has 0 aromatic heterocycles. The highest BCUT2D eigenvalue weighted by molar-refractivity contribution is 6.82. The summed E-state index contributed by atoms with van der Waals surface area (Å²) in [5.41, 5.74) is 2.46. The van der Waals surface area contributed by atoms with Crippen LogP contribution < -0.4 is 0 Å². The van der Waals surface area contributed by atoms with Crippen molar-refractivity contribution in [1.82, 2.24) is 4.90 Å². The molecular formula is C13H29NSi. The van der Waals surface area contributed by atoms with Gasteiger partial charge in [-0.3, -0.25) is 0 Å². The number of hydrogen-bond acceptors (Lipinski definition) is 1. The zero-order valence-electron chi connectivity index (χ0n) is 11.3. The molecule has 0 saturated heterocycles. The predicted molar refractivity (Wildman–Crippen MR) is 74.1 cm³/mol. The van der Waals surface area contributed by atoms with Crippen molar-refractivity contribution in [3.05, 3.63) is 11.8 Å². The van der Waals surface area contributed by atoms with Gasteiger partial charge in [0, 0.05) is 0 Å². The third-order valence-corrected chi connectivity index (χ3v) is 5.78. The van der Waals surface area contributed by atoms with Crippen LogP contribution in [0.3, 0.4) is 0 Å². The van der Waals surface area contributed by atoms with E-state index in [1.165, 1.54) is 38.5 Å². The van der Waals surface area contributed by atoms with Crippen molar-refractivity contribution >= 4 is 8.07 Å². The molecule has 0 aromatic carbocycles. The fraction of sp³-hybridized carbons (Fsp3) is 0.846. The fourth-order valence-corrected chi connectivity index (χ4v) is 4.18. The molecule has 0 amide bonds. The lowest BCUT2D eigenvalue weighted by molar-refractivity contribution is 0.289. The molecule has 0 saturated carbocycles. The Kier molecular flexibility index (Phi) is 8.07. The molecule has 0 heterocycles. The fourth-order valence-electron chi connectivity index (χ4n) is 2.04. The van der Waals surface area contributed by atoms with Gasteiger partial charge in [-0.05, 0) is 39.4 Å². The van der Waals surface area contributed by atoms with E-state index in [-0.39, 0.29) is 0 Å². The summed E-state index contributed by atoms with van der Waals surface area (Å²) in [7, 11) is -1.01. The average Bonchev–Trinajstić information content (AvgIpc) is 2.16. The van der Waals surface area contributed by atoms with Crippen LogP contribution in [0.4, 0.5) is 0 Å². The van der Waals surface area contributed by atoms with E-state index in [1.807, 2.05) is 0 Å². The van der Waals surface area contributed by atoms with Crippen LogP contribution in [0.15, 0.2) is 11.8 Å². The molecular weight excluding hydrogens is 198 g/mol. The quantitative estimate of drug-likeness (QED) is 0.568. The van der Waals surface area contributed by atoms with E-state index in [4.69, 9.17) is 0 Å². The molecule has 15 heavy (non-hydrogen) atoms. The van der Waals surface area contributed by atoms with Gasteiger partial charge in [0.2, 0.25) is 0 Å². The van der Waals surface area contributed by atoms with Gasteiger partial charge in [-0.25, -0.2) is 0 Å². The molecule has 0 radical (unpaired) electrons. The second kappa shape index (κ2) is 8.11. The first-order valence-corrected chi connectivity index (χ1v) is 9.70. The van der Waals surface area contributed by atoms with Gasteiger partial charge in [-0.2, -0.15) is 0 Å². The predicted octanol–water partition coefficient (Wildman–Crippen LogP) is 3.93. The number of rotatable bonds is 8. The van der Waals surface area contributed by atoms with Crippen molar-refractivity contribution in [3.8, 4) is 0 Å². The van der Waals surface area contributed by atoms with E-state index in [0.717, 1.165) is 0 Å². The molecule has 0 aromatic rings. The van der Waals surface area contributed by atoms with Crippen LogP contribution in [-0.2, 0) is 0 Å². The van der Waals surface area contributed by atoms with Gasteiger partial charge in [-0.15, -0.1) is 0 Å². The van der Waals surface area contributed by atoms with E-state index < -0.39 is 8.07 Å². The van der Waals surface area contributed by atoms with E-state index in [2.05, 4.69) is 50.5 Å². The summed E-state index contributed by atoms with van der Waals surface area (Å²) in [5.74, 6) is 0. The zero-order valence-corrected chi connectivity index (χ0v) is 12.3. The Morgan fingerprint density at radius 1 is 1.13 bits per heavy atom. The minimum absolute atomic E-state index is 1.01. The lowest BCUT2D eigenvalue weighted by Gasteiger charge is -2.22. The van der Waals surface area contributed by atoms with Crippen molar-refractivity contribution in [2.24, 2.45) is 0 Å². The van der Waals surface area contributed by atoms with Gasteiger partial charge in [0.05, 0.1) is 8.07 Å². The topological polar surface area (TPSA) is 3.24 Å². The highest BCUT2D eigenvalue weighted by Gasteiger charge is 2.15. The average molecular weight is 227 g/mol. The van der Waals surface area contributed by atoms with E-state index in [0.29, 0.717) is 0 Å². The molecule has 1 nitrogen and oxygen atoms in total. The highest BCUT2D eigenvalue weighted by Crippen LogP contribution is 2.14. The van der Waals surface area contributed by atoms with Gasteiger partial charge in [-0.1, -0.05) is 44.8 Å². The number of allylic oxidation sites excluding steroid dienone is 1. The smallest absolute Gasteiger partial charge is 0.0713 e. The number of hydrogen-bond donors (Lipinski definition) is 0. The van der Waals surface area contributed by atoms with E-state index >= 15 is 0 Å². The lowest BCUT2D eigenvalue weighted by atomic mass is 10.3. The lowest BCUT2D eigenvalue weighted by Crippen LogP contribution is -2.28. The summed E-state index contributed by atoms with van der Waals surface area (Å²) in [6.07, 6.45) is 4.89. The summed E-state index contributed by atoms with van der Waals surface area (Å²) in [4.78, 5) is 2.57. The first kappa shape index (κ1) is 14.9. The summed E-state index contributed by atoms with van der Waals surface area (Å²) >= 11 is 0.